The van der Waals surface area contributed by atoms with Crippen LogP contribution in [0.5, 0.6) is 11.5 Å². The number of carbonyl (C=O) groups excluding carboxylic acids is 1. The molecule has 0 radical (unpaired) electrons. The molecule has 0 aromatic heterocycles. The van der Waals surface area contributed by atoms with Gasteiger partial charge in [0.2, 0.25) is 5.91 Å². The topological polar surface area (TPSA) is 84.9 Å². The second kappa shape index (κ2) is 9.62. The SMILES string of the molecule is COc1cc(/C=C/C(=O)NCC(=O)O)ccc1OCc1ccc(Br)cc1. The summed E-state index contributed by atoms with van der Waals surface area (Å²) in [6.45, 7) is -0.0221. The van der Waals surface area contributed by atoms with E-state index in [9.17, 15) is 9.59 Å². The van der Waals surface area contributed by atoms with E-state index in [1.807, 2.05) is 24.3 Å². The predicted molar refractivity (Wildman–Crippen MR) is 101 cm³/mol. The molecule has 0 spiro atoms. The molecule has 2 N–H and O–H groups in total. The number of ether oxygens (including phenoxy) is 2. The van der Waals surface area contributed by atoms with Gasteiger partial charge in [0.05, 0.1) is 7.11 Å². The Labute approximate surface area is 159 Å². The van der Waals surface area contributed by atoms with E-state index in [2.05, 4.69) is 21.2 Å². The summed E-state index contributed by atoms with van der Waals surface area (Å²) in [4.78, 5) is 21.9. The van der Waals surface area contributed by atoms with Crippen molar-refractivity contribution in [3.05, 3.63) is 64.1 Å². The van der Waals surface area contributed by atoms with Crippen LogP contribution in [0.1, 0.15) is 11.1 Å². The number of carboxylic acids is 1. The maximum Gasteiger partial charge on any atom is 0.322 e. The second-order valence-corrected chi connectivity index (χ2v) is 6.19. The zero-order chi connectivity index (χ0) is 18.9. The standard InChI is InChI=1S/C19H18BrNO5/c1-25-17-10-13(5-9-18(22)21-11-19(23)24)4-8-16(17)26-12-14-2-6-15(20)7-3-14/h2-10H,11-12H2,1H3,(H,21,22)(H,23,24)/b9-5+. The molecule has 136 valence electrons. The van der Waals surface area contributed by atoms with Gasteiger partial charge >= 0.3 is 5.97 Å². The molecule has 0 heterocycles. The van der Waals surface area contributed by atoms with Crippen LogP contribution in [-0.2, 0) is 16.2 Å². The minimum absolute atomic E-state index is 0.399. The highest BCUT2D eigenvalue weighted by Gasteiger charge is 2.06. The fourth-order valence-electron chi connectivity index (χ4n) is 2.04. The third-order valence-electron chi connectivity index (χ3n) is 3.34. The smallest absolute Gasteiger partial charge is 0.322 e. The molecular formula is C19H18BrNO5. The third-order valence-corrected chi connectivity index (χ3v) is 3.86. The first-order chi connectivity index (χ1) is 12.5. The normalized spacial score (nSPS) is 10.5. The zero-order valence-electron chi connectivity index (χ0n) is 14.1. The van der Waals surface area contributed by atoms with Crippen LogP contribution in [-0.4, -0.2) is 30.6 Å². The molecule has 2 aromatic rings. The highest BCUT2D eigenvalue weighted by Crippen LogP contribution is 2.29. The number of methoxy groups -OCH3 is 1. The van der Waals surface area contributed by atoms with Gasteiger partial charge in [0.15, 0.2) is 11.5 Å². The van der Waals surface area contributed by atoms with Gasteiger partial charge in [-0.1, -0.05) is 34.1 Å². The number of amides is 1. The van der Waals surface area contributed by atoms with Gasteiger partial charge in [-0.05, 0) is 41.5 Å². The van der Waals surface area contributed by atoms with Crippen LogP contribution in [0.3, 0.4) is 0 Å². The minimum atomic E-state index is -1.10. The van der Waals surface area contributed by atoms with Gasteiger partial charge in [0, 0.05) is 10.5 Å². The van der Waals surface area contributed by atoms with E-state index >= 15 is 0 Å². The van der Waals surface area contributed by atoms with E-state index in [1.165, 1.54) is 13.2 Å². The van der Waals surface area contributed by atoms with Crippen LogP contribution in [0.4, 0.5) is 0 Å². The average Bonchev–Trinajstić information content (AvgIpc) is 2.64. The first-order valence-electron chi connectivity index (χ1n) is 7.71. The number of hydrogen-bond acceptors (Lipinski definition) is 4. The van der Waals surface area contributed by atoms with Crippen LogP contribution >= 0.6 is 15.9 Å². The van der Waals surface area contributed by atoms with Crippen LogP contribution in [0.2, 0.25) is 0 Å². The van der Waals surface area contributed by atoms with Gasteiger partial charge < -0.3 is 19.9 Å². The van der Waals surface area contributed by atoms with E-state index in [0.717, 1.165) is 15.6 Å². The fourth-order valence-corrected chi connectivity index (χ4v) is 2.31. The van der Waals surface area contributed by atoms with Crippen molar-refractivity contribution in [2.24, 2.45) is 0 Å². The summed E-state index contributed by atoms with van der Waals surface area (Å²) in [6, 6.07) is 13.1. The molecule has 6 nitrogen and oxygen atoms in total. The summed E-state index contributed by atoms with van der Waals surface area (Å²) >= 11 is 3.39. The molecule has 2 aromatic carbocycles. The number of carbonyl (C=O) groups is 2. The molecule has 0 saturated carbocycles. The quantitative estimate of drug-likeness (QED) is 0.641. The van der Waals surface area contributed by atoms with Crippen LogP contribution in [0, 0.1) is 0 Å². The molecule has 0 atom stereocenters. The van der Waals surface area contributed by atoms with E-state index in [0.29, 0.717) is 18.1 Å². The lowest BCUT2D eigenvalue weighted by atomic mass is 10.2. The largest absolute Gasteiger partial charge is 0.493 e. The molecule has 2 rings (SSSR count). The maximum absolute atomic E-state index is 11.5. The van der Waals surface area contributed by atoms with Crippen molar-refractivity contribution < 1.29 is 24.2 Å². The lowest BCUT2D eigenvalue weighted by Gasteiger charge is -2.11. The lowest BCUT2D eigenvalue weighted by Crippen LogP contribution is -2.27. The summed E-state index contributed by atoms with van der Waals surface area (Å²) < 4.78 is 12.1. The van der Waals surface area contributed by atoms with Crippen molar-refractivity contribution in [2.75, 3.05) is 13.7 Å². The first-order valence-corrected chi connectivity index (χ1v) is 8.50. The average molecular weight is 420 g/mol. The van der Waals surface area contributed by atoms with E-state index in [-0.39, 0.29) is 0 Å². The number of benzene rings is 2. The minimum Gasteiger partial charge on any atom is -0.493 e. The number of nitrogens with one attached hydrogen (secondary N) is 1. The van der Waals surface area contributed by atoms with Gasteiger partial charge in [0.25, 0.3) is 0 Å². The molecule has 0 fully saturated rings. The molecule has 1 amide bonds. The molecule has 0 bridgehead atoms. The number of halogens is 1. The summed E-state index contributed by atoms with van der Waals surface area (Å²) in [5.41, 5.74) is 1.75. The molecule has 0 saturated heterocycles. The molecule has 0 aliphatic rings. The van der Waals surface area contributed by atoms with Crippen molar-refractivity contribution in [3.63, 3.8) is 0 Å². The summed E-state index contributed by atoms with van der Waals surface area (Å²) in [5.74, 6) is -0.458. The molecule has 0 aliphatic carbocycles. The van der Waals surface area contributed by atoms with Gasteiger partial charge in [0.1, 0.15) is 13.2 Å². The van der Waals surface area contributed by atoms with Crippen LogP contribution < -0.4 is 14.8 Å². The first kappa shape index (κ1) is 19.5. The monoisotopic (exact) mass is 419 g/mol. The van der Waals surface area contributed by atoms with Crippen LogP contribution in [0.25, 0.3) is 6.08 Å². The van der Waals surface area contributed by atoms with E-state index in [1.54, 1.807) is 24.3 Å². The molecule has 0 aliphatic heterocycles. The Morgan fingerprint density at radius 2 is 1.88 bits per heavy atom. The van der Waals surface area contributed by atoms with Gasteiger partial charge in [-0.2, -0.15) is 0 Å². The molecule has 26 heavy (non-hydrogen) atoms. The number of hydrogen-bond donors (Lipinski definition) is 2. The van der Waals surface area contributed by atoms with Gasteiger partial charge in [-0.25, -0.2) is 0 Å². The van der Waals surface area contributed by atoms with Crippen molar-refractivity contribution in [2.45, 2.75) is 6.61 Å². The Hall–Kier alpha value is -2.80. The van der Waals surface area contributed by atoms with Crippen molar-refractivity contribution >= 4 is 33.9 Å². The summed E-state index contributed by atoms with van der Waals surface area (Å²) in [5, 5.41) is 10.8. The Bertz CT molecular complexity index is 802. The Balaban J connectivity index is 2.00. The summed E-state index contributed by atoms with van der Waals surface area (Å²) in [7, 11) is 1.54. The maximum atomic E-state index is 11.5. The van der Waals surface area contributed by atoms with Gasteiger partial charge in [-0.3, -0.25) is 9.59 Å². The fraction of sp³-hybridized carbons (Fsp3) is 0.158. The Morgan fingerprint density at radius 1 is 1.15 bits per heavy atom. The lowest BCUT2D eigenvalue weighted by molar-refractivity contribution is -0.137. The van der Waals surface area contributed by atoms with Crippen molar-refractivity contribution in [1.82, 2.24) is 5.32 Å². The molecular weight excluding hydrogens is 402 g/mol. The van der Waals surface area contributed by atoms with E-state index < -0.39 is 18.4 Å². The zero-order valence-corrected chi connectivity index (χ0v) is 15.7. The van der Waals surface area contributed by atoms with E-state index in [4.69, 9.17) is 14.6 Å². The molecule has 7 heteroatoms. The number of carboxylic acid groups (broad SMARTS) is 1. The summed E-state index contributed by atoms with van der Waals surface area (Å²) in [6.07, 6.45) is 2.83. The van der Waals surface area contributed by atoms with Gasteiger partial charge in [-0.15, -0.1) is 0 Å². The number of rotatable bonds is 8. The third kappa shape index (κ3) is 6.25. The predicted octanol–water partition coefficient (Wildman–Crippen LogP) is 3.25. The Morgan fingerprint density at radius 3 is 2.54 bits per heavy atom. The van der Waals surface area contributed by atoms with Crippen molar-refractivity contribution in [1.29, 1.82) is 0 Å². The molecule has 0 unspecified atom stereocenters. The van der Waals surface area contributed by atoms with Crippen LogP contribution in [0.15, 0.2) is 53.0 Å². The van der Waals surface area contributed by atoms with Crippen molar-refractivity contribution in [3.8, 4) is 11.5 Å². The Kier molecular flexibility index (Phi) is 7.23. The highest BCUT2D eigenvalue weighted by atomic mass is 79.9. The number of aliphatic carboxylic acids is 1. The second-order valence-electron chi connectivity index (χ2n) is 5.27. The highest BCUT2D eigenvalue weighted by molar-refractivity contribution is 9.10.